The molecule has 27 heavy (non-hydrogen) atoms. The molecule has 0 aliphatic carbocycles. The monoisotopic (exact) mass is 390 g/mol. The molecular formula is C14H13F3N4O6. The van der Waals surface area contributed by atoms with E-state index in [2.05, 4.69) is 15.4 Å². The summed E-state index contributed by atoms with van der Waals surface area (Å²) in [6, 6.07) is 1.15. The number of amides is 3. The minimum atomic E-state index is -4.76. The van der Waals surface area contributed by atoms with E-state index in [1.165, 1.54) is 0 Å². The minimum Gasteiger partial charge on any atom is -0.454 e. The molecule has 0 saturated carbocycles. The number of alkyl halides is 3. The number of esters is 1. The van der Waals surface area contributed by atoms with E-state index >= 15 is 0 Å². The van der Waals surface area contributed by atoms with Gasteiger partial charge in [0.05, 0.1) is 10.5 Å². The summed E-state index contributed by atoms with van der Waals surface area (Å²) < 4.78 is 42.5. The van der Waals surface area contributed by atoms with Crippen molar-refractivity contribution in [3.63, 3.8) is 0 Å². The Morgan fingerprint density at radius 3 is 2.63 bits per heavy atom. The number of nitro benzene ring substituents is 1. The average molecular weight is 390 g/mol. The molecule has 1 heterocycles. The van der Waals surface area contributed by atoms with Crippen LogP contribution in [0.1, 0.15) is 5.56 Å². The molecule has 0 radical (unpaired) electrons. The number of ether oxygens (including phenoxy) is 1. The third kappa shape index (κ3) is 5.05. The van der Waals surface area contributed by atoms with E-state index in [9.17, 15) is 37.7 Å². The SMILES string of the molecule is O=C(CNc1ccc(C(F)(F)F)cc1[N+](=O)[O-])OCC(=O)N1CCNC1=O. The Balaban J connectivity index is 1.93. The third-order valence-electron chi connectivity index (χ3n) is 3.46. The molecule has 0 unspecified atom stereocenters. The lowest BCUT2D eigenvalue weighted by atomic mass is 10.1. The van der Waals surface area contributed by atoms with Crippen LogP contribution in [0.2, 0.25) is 0 Å². The first-order valence-electron chi connectivity index (χ1n) is 7.43. The maximum absolute atomic E-state index is 12.6. The number of carbonyl (C=O) groups is 3. The zero-order valence-corrected chi connectivity index (χ0v) is 13.5. The molecule has 2 N–H and O–H groups in total. The van der Waals surface area contributed by atoms with Crippen molar-refractivity contribution in [2.75, 3.05) is 31.6 Å². The lowest BCUT2D eigenvalue weighted by Gasteiger charge is -2.13. The van der Waals surface area contributed by atoms with E-state index in [1.807, 2.05) is 0 Å². The second kappa shape index (κ2) is 7.88. The number of carbonyl (C=O) groups excluding carboxylic acids is 3. The van der Waals surface area contributed by atoms with Gasteiger partial charge in [0.1, 0.15) is 12.2 Å². The Bertz CT molecular complexity index is 783. The predicted molar refractivity (Wildman–Crippen MR) is 82.7 cm³/mol. The Kier molecular flexibility index (Phi) is 5.82. The molecular weight excluding hydrogens is 377 g/mol. The van der Waals surface area contributed by atoms with Crippen LogP contribution in [0.15, 0.2) is 18.2 Å². The summed E-state index contributed by atoms with van der Waals surface area (Å²) >= 11 is 0. The molecule has 1 fully saturated rings. The molecule has 1 aromatic rings. The second-order valence-electron chi connectivity index (χ2n) is 5.28. The van der Waals surface area contributed by atoms with Crippen molar-refractivity contribution in [2.45, 2.75) is 6.18 Å². The summed E-state index contributed by atoms with van der Waals surface area (Å²) in [6.07, 6.45) is -4.76. The number of hydrogen-bond donors (Lipinski definition) is 2. The number of nitro groups is 1. The molecule has 1 saturated heterocycles. The average Bonchev–Trinajstić information content (AvgIpc) is 3.02. The molecule has 0 atom stereocenters. The van der Waals surface area contributed by atoms with Crippen LogP contribution < -0.4 is 10.6 Å². The van der Waals surface area contributed by atoms with Gasteiger partial charge in [-0.25, -0.2) is 4.79 Å². The second-order valence-corrected chi connectivity index (χ2v) is 5.28. The molecule has 0 aromatic heterocycles. The highest BCUT2D eigenvalue weighted by atomic mass is 19.4. The molecule has 1 aromatic carbocycles. The summed E-state index contributed by atoms with van der Waals surface area (Å²) in [6.45, 7) is -0.947. The first-order valence-corrected chi connectivity index (χ1v) is 7.43. The van der Waals surface area contributed by atoms with Gasteiger partial charge in [0.15, 0.2) is 6.61 Å². The van der Waals surface area contributed by atoms with Crippen molar-refractivity contribution < 1.29 is 37.2 Å². The van der Waals surface area contributed by atoms with Crippen LogP contribution in [0, 0.1) is 10.1 Å². The maximum Gasteiger partial charge on any atom is 0.416 e. The van der Waals surface area contributed by atoms with Crippen LogP contribution >= 0.6 is 0 Å². The highest BCUT2D eigenvalue weighted by Crippen LogP contribution is 2.34. The van der Waals surface area contributed by atoms with Gasteiger partial charge in [-0.1, -0.05) is 0 Å². The first kappa shape index (κ1) is 19.9. The molecule has 1 aliphatic rings. The normalized spacial score (nSPS) is 13.9. The summed E-state index contributed by atoms with van der Waals surface area (Å²) in [5, 5.41) is 15.6. The highest BCUT2D eigenvalue weighted by molar-refractivity contribution is 5.97. The maximum atomic E-state index is 12.6. The van der Waals surface area contributed by atoms with E-state index in [0.717, 1.165) is 11.0 Å². The van der Waals surface area contributed by atoms with Gasteiger partial charge in [0.2, 0.25) is 0 Å². The van der Waals surface area contributed by atoms with E-state index < -0.39 is 53.4 Å². The van der Waals surface area contributed by atoms with Gasteiger partial charge in [-0.3, -0.25) is 24.6 Å². The molecule has 3 amide bonds. The van der Waals surface area contributed by atoms with Crippen molar-refractivity contribution in [1.82, 2.24) is 10.2 Å². The van der Waals surface area contributed by atoms with Crippen molar-refractivity contribution in [2.24, 2.45) is 0 Å². The van der Waals surface area contributed by atoms with Crippen molar-refractivity contribution in [3.8, 4) is 0 Å². The first-order chi connectivity index (χ1) is 12.6. The Morgan fingerprint density at radius 2 is 2.07 bits per heavy atom. The number of anilines is 1. The van der Waals surface area contributed by atoms with Crippen LogP contribution in [-0.4, -0.2) is 54.0 Å². The van der Waals surface area contributed by atoms with E-state index in [0.29, 0.717) is 12.1 Å². The summed E-state index contributed by atoms with van der Waals surface area (Å²) in [7, 11) is 0. The standard InChI is InChI=1S/C14H13F3N4O6/c15-14(16,17)8-1-2-9(10(5-8)21(25)26)19-6-12(23)27-7-11(22)20-4-3-18-13(20)24/h1-2,5,19H,3-4,6-7H2,(H,18,24). The lowest BCUT2D eigenvalue weighted by Crippen LogP contribution is -2.37. The van der Waals surface area contributed by atoms with Gasteiger partial charge < -0.3 is 15.4 Å². The third-order valence-corrected chi connectivity index (χ3v) is 3.46. The number of halogens is 3. The molecule has 1 aliphatic heterocycles. The van der Waals surface area contributed by atoms with Crippen LogP contribution in [0.3, 0.4) is 0 Å². The van der Waals surface area contributed by atoms with E-state index in [-0.39, 0.29) is 18.8 Å². The van der Waals surface area contributed by atoms with Crippen molar-refractivity contribution >= 4 is 29.3 Å². The number of urea groups is 1. The minimum absolute atomic E-state index is 0.130. The van der Waals surface area contributed by atoms with Crippen LogP contribution in [-0.2, 0) is 20.5 Å². The lowest BCUT2D eigenvalue weighted by molar-refractivity contribution is -0.384. The highest BCUT2D eigenvalue weighted by Gasteiger charge is 2.33. The van der Waals surface area contributed by atoms with Gasteiger partial charge in [-0.2, -0.15) is 13.2 Å². The smallest absolute Gasteiger partial charge is 0.416 e. The van der Waals surface area contributed by atoms with Crippen molar-refractivity contribution in [1.29, 1.82) is 0 Å². The number of imide groups is 1. The van der Waals surface area contributed by atoms with Gasteiger partial charge in [0, 0.05) is 19.2 Å². The molecule has 0 spiro atoms. The summed E-state index contributed by atoms with van der Waals surface area (Å²) in [5.74, 6) is -1.74. The van der Waals surface area contributed by atoms with Crippen LogP contribution in [0.25, 0.3) is 0 Å². The van der Waals surface area contributed by atoms with Gasteiger partial charge >= 0.3 is 18.2 Å². The zero-order chi connectivity index (χ0) is 20.2. The number of nitrogens with zero attached hydrogens (tertiary/aromatic N) is 2. The van der Waals surface area contributed by atoms with Gasteiger partial charge in [-0.05, 0) is 12.1 Å². The van der Waals surface area contributed by atoms with Crippen molar-refractivity contribution in [3.05, 3.63) is 33.9 Å². The van der Waals surface area contributed by atoms with Crippen LogP contribution in [0.5, 0.6) is 0 Å². The fourth-order valence-corrected chi connectivity index (χ4v) is 2.16. The molecule has 13 heteroatoms. The fraction of sp³-hybridized carbons (Fsp3) is 0.357. The van der Waals surface area contributed by atoms with Gasteiger partial charge in [-0.15, -0.1) is 0 Å². The van der Waals surface area contributed by atoms with E-state index in [4.69, 9.17) is 0 Å². The number of nitrogens with one attached hydrogen (secondary N) is 2. The number of benzene rings is 1. The number of hydrogen-bond acceptors (Lipinski definition) is 7. The topological polar surface area (TPSA) is 131 Å². The molecule has 2 rings (SSSR count). The number of rotatable bonds is 6. The van der Waals surface area contributed by atoms with Gasteiger partial charge in [0.25, 0.3) is 11.6 Å². The fourth-order valence-electron chi connectivity index (χ4n) is 2.16. The summed E-state index contributed by atoms with van der Waals surface area (Å²) in [5.41, 5.74) is -2.41. The summed E-state index contributed by atoms with van der Waals surface area (Å²) in [4.78, 5) is 45.3. The van der Waals surface area contributed by atoms with Crippen LogP contribution in [0.4, 0.5) is 29.3 Å². The Labute approximate surface area is 149 Å². The zero-order valence-electron chi connectivity index (χ0n) is 13.5. The quantitative estimate of drug-likeness (QED) is 0.423. The van der Waals surface area contributed by atoms with E-state index in [1.54, 1.807) is 0 Å². The largest absolute Gasteiger partial charge is 0.454 e. The molecule has 10 nitrogen and oxygen atoms in total. The molecule has 146 valence electrons. The Hall–Kier alpha value is -3.38. The molecule has 0 bridgehead atoms. The predicted octanol–water partition coefficient (Wildman–Crippen LogP) is 1.12. The Morgan fingerprint density at radius 1 is 1.37 bits per heavy atom.